The fourth-order valence-corrected chi connectivity index (χ4v) is 4.30. The summed E-state index contributed by atoms with van der Waals surface area (Å²) in [5.74, 6) is 0.777. The van der Waals surface area contributed by atoms with E-state index in [9.17, 15) is 4.79 Å². The zero-order valence-corrected chi connectivity index (χ0v) is 17.1. The topological polar surface area (TPSA) is 45.1 Å². The Morgan fingerprint density at radius 2 is 1.73 bits per heavy atom. The minimum absolute atomic E-state index is 0.0639. The molecule has 2 aromatic carbocycles. The molecule has 5 nitrogen and oxygen atoms in total. The second-order valence-corrected chi connectivity index (χ2v) is 7.99. The van der Waals surface area contributed by atoms with Gasteiger partial charge in [0.2, 0.25) is 0 Å². The molecule has 0 aromatic heterocycles. The summed E-state index contributed by atoms with van der Waals surface area (Å²) in [5.41, 5.74) is 3.41. The predicted molar refractivity (Wildman–Crippen MR) is 118 cm³/mol. The molecule has 0 N–H and O–H groups in total. The molecule has 152 valence electrons. The molecule has 5 heteroatoms. The number of amides is 1. The van der Waals surface area contributed by atoms with Crippen molar-refractivity contribution in [1.29, 1.82) is 0 Å². The molecule has 3 aliphatic rings. The van der Waals surface area contributed by atoms with Gasteiger partial charge in [-0.15, -0.1) is 0 Å². The summed E-state index contributed by atoms with van der Waals surface area (Å²) < 4.78 is 6.45. The molecule has 2 atom stereocenters. The summed E-state index contributed by atoms with van der Waals surface area (Å²) in [7, 11) is 2.09. The molecule has 1 fully saturated rings. The van der Waals surface area contributed by atoms with Crippen LogP contribution in [0.25, 0.3) is 0 Å². The van der Waals surface area contributed by atoms with Crippen molar-refractivity contribution in [3.63, 3.8) is 0 Å². The quantitative estimate of drug-likeness (QED) is 0.789. The monoisotopic (exact) mass is 399 g/mol. The summed E-state index contributed by atoms with van der Waals surface area (Å²) in [5, 5.41) is 0. The number of fused-ring (bicyclic) bond motifs is 2. The van der Waals surface area contributed by atoms with Crippen molar-refractivity contribution < 1.29 is 9.53 Å². The number of likely N-dealkylation sites (N-methyl/N-ethyl adjacent to an activating group) is 1. The van der Waals surface area contributed by atoms with Crippen LogP contribution in [0.2, 0.25) is 0 Å². The molecule has 1 saturated heterocycles. The Kier molecular flexibility index (Phi) is 4.97. The van der Waals surface area contributed by atoms with Crippen LogP contribution in [0.5, 0.6) is 5.75 Å². The Balaban J connectivity index is 1.50. The standard InChI is InChI=1S/C25H25N3O2/c1-27-14-16-28(17-15-27)25(29)21-12-7-11-20-23(21)26-22-13-6-5-10-19(22)24(20)30-18-8-3-2-4-9-18/h2-13,20,24H,14-17H2,1H3. The van der Waals surface area contributed by atoms with E-state index in [1.807, 2.05) is 65.6 Å². The summed E-state index contributed by atoms with van der Waals surface area (Å²) >= 11 is 0. The Morgan fingerprint density at radius 3 is 2.53 bits per heavy atom. The Bertz CT molecular complexity index is 1030. The van der Waals surface area contributed by atoms with E-state index in [0.717, 1.165) is 48.9 Å². The van der Waals surface area contributed by atoms with Crippen molar-refractivity contribution in [3.05, 3.63) is 84.0 Å². The van der Waals surface area contributed by atoms with Crippen molar-refractivity contribution in [1.82, 2.24) is 9.80 Å². The highest BCUT2D eigenvalue weighted by molar-refractivity contribution is 6.24. The van der Waals surface area contributed by atoms with Crippen LogP contribution in [0.15, 0.2) is 83.4 Å². The van der Waals surface area contributed by atoms with Gasteiger partial charge in [-0.05, 0) is 31.3 Å². The highest BCUT2D eigenvalue weighted by Gasteiger charge is 2.38. The predicted octanol–water partition coefficient (Wildman–Crippen LogP) is 3.78. The maximum Gasteiger partial charge on any atom is 0.255 e. The van der Waals surface area contributed by atoms with E-state index >= 15 is 0 Å². The molecule has 2 heterocycles. The first kappa shape index (κ1) is 18.8. The van der Waals surface area contributed by atoms with Gasteiger partial charge in [-0.2, -0.15) is 0 Å². The highest BCUT2D eigenvalue weighted by atomic mass is 16.5. The van der Waals surface area contributed by atoms with Gasteiger partial charge in [0, 0.05) is 31.7 Å². The van der Waals surface area contributed by atoms with Crippen molar-refractivity contribution >= 4 is 17.3 Å². The van der Waals surface area contributed by atoms with E-state index in [-0.39, 0.29) is 17.9 Å². The van der Waals surface area contributed by atoms with Gasteiger partial charge in [0.1, 0.15) is 11.9 Å². The van der Waals surface area contributed by atoms with Crippen LogP contribution >= 0.6 is 0 Å². The van der Waals surface area contributed by atoms with Gasteiger partial charge in [0.15, 0.2) is 0 Å². The van der Waals surface area contributed by atoms with E-state index in [0.29, 0.717) is 5.57 Å². The summed E-state index contributed by atoms with van der Waals surface area (Å²) in [6.45, 7) is 3.28. The smallest absolute Gasteiger partial charge is 0.255 e. The van der Waals surface area contributed by atoms with E-state index in [2.05, 4.69) is 24.1 Å². The number of rotatable bonds is 3. The van der Waals surface area contributed by atoms with Crippen molar-refractivity contribution in [2.45, 2.75) is 6.10 Å². The third kappa shape index (κ3) is 3.46. The third-order valence-corrected chi connectivity index (χ3v) is 6.01. The zero-order chi connectivity index (χ0) is 20.5. The van der Waals surface area contributed by atoms with Crippen LogP contribution in [0.3, 0.4) is 0 Å². The molecule has 2 unspecified atom stereocenters. The molecule has 0 spiro atoms. The number of allylic oxidation sites excluding steroid dienone is 2. The number of carbonyl (C=O) groups is 1. The van der Waals surface area contributed by atoms with Gasteiger partial charge in [-0.25, -0.2) is 0 Å². The molecular weight excluding hydrogens is 374 g/mol. The molecule has 1 amide bonds. The normalized spacial score (nSPS) is 23.2. The Labute approximate surface area is 177 Å². The first-order valence-electron chi connectivity index (χ1n) is 10.5. The molecular formula is C25H25N3O2. The molecule has 0 bridgehead atoms. The fourth-order valence-electron chi connectivity index (χ4n) is 4.30. The number of hydrogen-bond donors (Lipinski definition) is 0. The van der Waals surface area contributed by atoms with Crippen LogP contribution in [-0.4, -0.2) is 54.6 Å². The van der Waals surface area contributed by atoms with Crippen molar-refractivity contribution in [2.24, 2.45) is 10.9 Å². The average molecular weight is 399 g/mol. The molecule has 1 aliphatic carbocycles. The SMILES string of the molecule is CN1CCN(C(=O)C2=CC=CC3C2=Nc2ccccc2C3Oc2ccccc2)CC1. The number of nitrogens with zero attached hydrogens (tertiary/aromatic N) is 3. The van der Waals surface area contributed by atoms with Gasteiger partial charge >= 0.3 is 0 Å². The van der Waals surface area contributed by atoms with Crippen LogP contribution in [0, 0.1) is 5.92 Å². The zero-order valence-electron chi connectivity index (χ0n) is 17.1. The molecule has 2 aliphatic heterocycles. The van der Waals surface area contributed by atoms with Gasteiger partial charge in [-0.1, -0.05) is 48.6 Å². The average Bonchev–Trinajstić information content (AvgIpc) is 2.79. The minimum Gasteiger partial charge on any atom is -0.485 e. The largest absolute Gasteiger partial charge is 0.485 e. The van der Waals surface area contributed by atoms with Crippen LogP contribution in [0.1, 0.15) is 11.7 Å². The second kappa shape index (κ2) is 7.92. The lowest BCUT2D eigenvalue weighted by Crippen LogP contribution is -2.49. The van der Waals surface area contributed by atoms with E-state index in [4.69, 9.17) is 9.73 Å². The molecule has 0 saturated carbocycles. The minimum atomic E-state index is -0.226. The third-order valence-electron chi connectivity index (χ3n) is 6.01. The molecule has 5 rings (SSSR count). The highest BCUT2D eigenvalue weighted by Crippen LogP contribution is 2.42. The Hall–Kier alpha value is -3.18. The van der Waals surface area contributed by atoms with E-state index in [1.165, 1.54) is 0 Å². The number of ether oxygens (including phenoxy) is 1. The van der Waals surface area contributed by atoms with Gasteiger partial charge < -0.3 is 14.5 Å². The molecule has 30 heavy (non-hydrogen) atoms. The van der Waals surface area contributed by atoms with Crippen LogP contribution < -0.4 is 4.74 Å². The summed E-state index contributed by atoms with van der Waals surface area (Å²) in [4.78, 5) is 22.5. The van der Waals surface area contributed by atoms with Gasteiger partial charge in [0.05, 0.1) is 22.9 Å². The number of benzene rings is 2. The van der Waals surface area contributed by atoms with E-state index in [1.54, 1.807) is 0 Å². The molecule has 2 aromatic rings. The van der Waals surface area contributed by atoms with Crippen molar-refractivity contribution in [2.75, 3.05) is 33.2 Å². The number of para-hydroxylation sites is 2. The van der Waals surface area contributed by atoms with Gasteiger partial charge in [0.25, 0.3) is 5.91 Å². The number of carbonyl (C=O) groups excluding carboxylic acids is 1. The van der Waals surface area contributed by atoms with Gasteiger partial charge in [-0.3, -0.25) is 9.79 Å². The second-order valence-electron chi connectivity index (χ2n) is 7.99. The first-order valence-corrected chi connectivity index (χ1v) is 10.5. The van der Waals surface area contributed by atoms with Crippen LogP contribution in [-0.2, 0) is 4.79 Å². The van der Waals surface area contributed by atoms with E-state index < -0.39 is 0 Å². The Morgan fingerprint density at radius 1 is 1.00 bits per heavy atom. The molecule has 0 radical (unpaired) electrons. The lowest BCUT2D eigenvalue weighted by atomic mass is 9.81. The fraction of sp³-hybridized carbons (Fsp3) is 0.280. The number of hydrogen-bond acceptors (Lipinski definition) is 4. The lowest BCUT2D eigenvalue weighted by Gasteiger charge is -2.36. The number of aliphatic imine (C=N–C) groups is 1. The maximum atomic E-state index is 13.4. The maximum absolute atomic E-state index is 13.4. The lowest BCUT2D eigenvalue weighted by molar-refractivity contribution is -0.128. The summed E-state index contributed by atoms with van der Waals surface area (Å²) in [6, 6.07) is 17.9. The van der Waals surface area contributed by atoms with Crippen LogP contribution in [0.4, 0.5) is 5.69 Å². The van der Waals surface area contributed by atoms with Crippen molar-refractivity contribution in [3.8, 4) is 5.75 Å². The number of piperazine rings is 1. The first-order chi connectivity index (χ1) is 14.7. The summed E-state index contributed by atoms with van der Waals surface area (Å²) in [6.07, 6.45) is 5.76.